The largest absolute Gasteiger partial charge is 0.294 e. The normalized spacial score (nSPS) is 23.3. The Bertz CT molecular complexity index is 143. The van der Waals surface area contributed by atoms with Crippen molar-refractivity contribution in [3.63, 3.8) is 0 Å². The first-order valence-electron chi connectivity index (χ1n) is 3.18. The lowest BCUT2D eigenvalue weighted by Crippen LogP contribution is -2.58. The highest BCUT2D eigenvalue weighted by atomic mass is 16.3. The fraction of sp³-hybridized carbons (Fsp3) is 1.00. The van der Waals surface area contributed by atoms with Gasteiger partial charge >= 0.3 is 0 Å². The standard InChI is InChI=1S/C5H9N3O2/c1-2-8-3-5(4-8,6-9)7-10/h2-4H2,1H3. The molecule has 1 fully saturated rings. The Morgan fingerprint density at radius 3 is 2.20 bits per heavy atom. The third-order valence-corrected chi connectivity index (χ3v) is 1.74. The van der Waals surface area contributed by atoms with E-state index in [4.69, 9.17) is 0 Å². The van der Waals surface area contributed by atoms with Crippen LogP contribution in [0, 0.1) is 9.81 Å². The molecule has 0 aromatic carbocycles. The van der Waals surface area contributed by atoms with Crippen LogP contribution in [-0.4, -0.2) is 30.2 Å². The second-order valence-corrected chi connectivity index (χ2v) is 2.47. The second kappa shape index (κ2) is 2.42. The lowest BCUT2D eigenvalue weighted by atomic mass is 10.0. The number of hydrogen-bond donors (Lipinski definition) is 0. The van der Waals surface area contributed by atoms with Crippen LogP contribution < -0.4 is 0 Å². The molecular formula is C5H9N3O2. The summed E-state index contributed by atoms with van der Waals surface area (Å²) in [5, 5.41) is 5.34. The Balaban J connectivity index is 2.45. The molecule has 0 saturated carbocycles. The SMILES string of the molecule is CCN1CC(N=O)(N=O)C1. The summed E-state index contributed by atoms with van der Waals surface area (Å²) in [6, 6.07) is 0. The van der Waals surface area contributed by atoms with Crippen LogP contribution in [0.2, 0.25) is 0 Å². The number of likely N-dealkylation sites (N-methyl/N-ethyl adjacent to an activating group) is 1. The molecule has 0 aromatic heterocycles. The lowest BCUT2D eigenvalue weighted by Gasteiger charge is -2.38. The van der Waals surface area contributed by atoms with Gasteiger partial charge in [-0.25, -0.2) is 0 Å². The lowest BCUT2D eigenvalue weighted by molar-refractivity contribution is 0.0828. The Hall–Kier alpha value is -0.840. The summed E-state index contributed by atoms with van der Waals surface area (Å²) in [7, 11) is 0. The van der Waals surface area contributed by atoms with Crippen molar-refractivity contribution in [1.82, 2.24) is 4.90 Å². The summed E-state index contributed by atoms with van der Waals surface area (Å²) in [4.78, 5) is 22.0. The zero-order valence-electron chi connectivity index (χ0n) is 5.78. The van der Waals surface area contributed by atoms with Gasteiger partial charge in [0.1, 0.15) is 0 Å². The van der Waals surface area contributed by atoms with Gasteiger partial charge in [0.15, 0.2) is 0 Å². The molecule has 5 nitrogen and oxygen atoms in total. The maximum atomic E-state index is 10.0. The van der Waals surface area contributed by atoms with Crippen molar-refractivity contribution in [2.45, 2.75) is 12.6 Å². The van der Waals surface area contributed by atoms with Crippen LogP contribution in [0.15, 0.2) is 10.4 Å². The maximum Gasteiger partial charge on any atom is 0.257 e. The van der Waals surface area contributed by atoms with Crippen molar-refractivity contribution in [3.05, 3.63) is 9.81 Å². The first-order chi connectivity index (χ1) is 4.76. The summed E-state index contributed by atoms with van der Waals surface area (Å²) >= 11 is 0. The van der Waals surface area contributed by atoms with Gasteiger partial charge in [0, 0.05) is 0 Å². The highest BCUT2D eigenvalue weighted by Crippen LogP contribution is 2.25. The van der Waals surface area contributed by atoms with Crippen LogP contribution in [-0.2, 0) is 0 Å². The number of nitroso groups, excluding NO2 is 2. The van der Waals surface area contributed by atoms with Crippen molar-refractivity contribution in [1.29, 1.82) is 0 Å². The minimum atomic E-state index is -1.16. The molecular weight excluding hydrogens is 134 g/mol. The number of nitrogens with zero attached hydrogens (tertiary/aromatic N) is 3. The molecule has 1 aliphatic rings. The molecule has 0 bridgehead atoms. The average Bonchev–Trinajstić information content (AvgIpc) is 1.89. The third-order valence-electron chi connectivity index (χ3n) is 1.74. The topological polar surface area (TPSA) is 62.1 Å². The molecule has 0 amide bonds. The fourth-order valence-electron chi connectivity index (χ4n) is 1.03. The van der Waals surface area contributed by atoms with Gasteiger partial charge in [-0.1, -0.05) is 6.92 Å². The molecule has 1 rings (SSSR count). The Morgan fingerprint density at radius 1 is 1.40 bits per heavy atom. The van der Waals surface area contributed by atoms with E-state index in [1.54, 1.807) is 0 Å². The quantitative estimate of drug-likeness (QED) is 0.542. The summed E-state index contributed by atoms with van der Waals surface area (Å²) in [6.07, 6.45) is 0. The summed E-state index contributed by atoms with van der Waals surface area (Å²) < 4.78 is 0. The van der Waals surface area contributed by atoms with E-state index in [-0.39, 0.29) is 0 Å². The molecule has 10 heavy (non-hydrogen) atoms. The molecule has 5 heteroatoms. The van der Waals surface area contributed by atoms with E-state index in [1.165, 1.54) is 0 Å². The van der Waals surface area contributed by atoms with E-state index < -0.39 is 5.66 Å². The Labute approximate surface area is 58.3 Å². The van der Waals surface area contributed by atoms with Gasteiger partial charge in [-0.15, -0.1) is 9.81 Å². The molecule has 0 aliphatic carbocycles. The summed E-state index contributed by atoms with van der Waals surface area (Å²) in [5.74, 6) is 0. The molecule has 0 aromatic rings. The number of likely N-dealkylation sites (tertiary alicyclic amines) is 1. The van der Waals surface area contributed by atoms with E-state index in [1.807, 2.05) is 11.8 Å². The third kappa shape index (κ3) is 0.923. The van der Waals surface area contributed by atoms with Crippen molar-refractivity contribution in [2.24, 2.45) is 10.4 Å². The van der Waals surface area contributed by atoms with Gasteiger partial charge in [-0.2, -0.15) is 0 Å². The van der Waals surface area contributed by atoms with Crippen LogP contribution in [0.3, 0.4) is 0 Å². The van der Waals surface area contributed by atoms with Gasteiger partial charge < -0.3 is 0 Å². The highest BCUT2D eigenvalue weighted by Gasteiger charge is 2.45. The molecule has 0 atom stereocenters. The molecule has 0 N–H and O–H groups in total. The molecule has 1 saturated heterocycles. The zero-order valence-corrected chi connectivity index (χ0v) is 5.78. The Kier molecular flexibility index (Phi) is 1.76. The highest BCUT2D eigenvalue weighted by molar-refractivity contribution is 4.99. The van der Waals surface area contributed by atoms with E-state index >= 15 is 0 Å². The van der Waals surface area contributed by atoms with Gasteiger partial charge in [0.05, 0.1) is 13.1 Å². The van der Waals surface area contributed by atoms with E-state index in [2.05, 4.69) is 10.4 Å². The van der Waals surface area contributed by atoms with E-state index in [0.717, 1.165) is 6.54 Å². The van der Waals surface area contributed by atoms with Crippen LogP contribution in [0.25, 0.3) is 0 Å². The van der Waals surface area contributed by atoms with Crippen molar-refractivity contribution in [2.75, 3.05) is 19.6 Å². The van der Waals surface area contributed by atoms with E-state index in [9.17, 15) is 9.81 Å². The summed E-state index contributed by atoms with van der Waals surface area (Å²) in [6.45, 7) is 3.57. The molecule has 1 heterocycles. The van der Waals surface area contributed by atoms with Gasteiger partial charge in [-0.3, -0.25) is 4.90 Å². The van der Waals surface area contributed by atoms with Crippen LogP contribution in [0.5, 0.6) is 0 Å². The van der Waals surface area contributed by atoms with Crippen molar-refractivity contribution >= 4 is 0 Å². The van der Waals surface area contributed by atoms with E-state index in [0.29, 0.717) is 13.1 Å². The van der Waals surface area contributed by atoms with Gasteiger partial charge in [0.2, 0.25) is 0 Å². The monoisotopic (exact) mass is 143 g/mol. The second-order valence-electron chi connectivity index (χ2n) is 2.47. The molecule has 1 aliphatic heterocycles. The van der Waals surface area contributed by atoms with Crippen LogP contribution in [0.1, 0.15) is 6.92 Å². The predicted octanol–water partition coefficient (Wildman–Crippen LogP) is 0.551. The molecule has 56 valence electrons. The first-order valence-corrected chi connectivity index (χ1v) is 3.18. The van der Waals surface area contributed by atoms with Gasteiger partial charge in [-0.05, 0) is 16.9 Å². The summed E-state index contributed by atoms with van der Waals surface area (Å²) in [5.41, 5.74) is -1.16. The zero-order chi connectivity index (χ0) is 7.61. The Morgan fingerprint density at radius 2 is 1.90 bits per heavy atom. The number of hydrogen-bond acceptors (Lipinski definition) is 5. The minimum absolute atomic E-state index is 0.385. The smallest absolute Gasteiger partial charge is 0.257 e. The molecule has 0 radical (unpaired) electrons. The average molecular weight is 143 g/mol. The molecule has 0 spiro atoms. The number of rotatable bonds is 3. The minimum Gasteiger partial charge on any atom is -0.294 e. The first kappa shape index (κ1) is 7.27. The maximum absolute atomic E-state index is 10.0. The van der Waals surface area contributed by atoms with Crippen LogP contribution >= 0.6 is 0 Å². The van der Waals surface area contributed by atoms with Crippen molar-refractivity contribution < 1.29 is 0 Å². The van der Waals surface area contributed by atoms with Crippen LogP contribution in [0.4, 0.5) is 0 Å². The van der Waals surface area contributed by atoms with Gasteiger partial charge in [0.25, 0.3) is 5.66 Å². The predicted molar refractivity (Wildman–Crippen MR) is 36.4 cm³/mol. The molecule has 0 unspecified atom stereocenters. The van der Waals surface area contributed by atoms with Crippen molar-refractivity contribution in [3.8, 4) is 0 Å². The fourth-order valence-corrected chi connectivity index (χ4v) is 1.03.